The molecule has 3 heteroatoms. The molecule has 4 rings (SSSR count). The van der Waals surface area contributed by atoms with Gasteiger partial charge in [-0.2, -0.15) is 0 Å². The molecule has 0 bridgehead atoms. The van der Waals surface area contributed by atoms with Gasteiger partial charge in [-0.3, -0.25) is 4.98 Å². The summed E-state index contributed by atoms with van der Waals surface area (Å²) < 4.78 is 0. The van der Waals surface area contributed by atoms with E-state index >= 15 is 0 Å². The monoisotopic (exact) mass is 294 g/mol. The molecule has 0 saturated carbocycles. The zero-order chi connectivity index (χ0) is 14.2. The van der Waals surface area contributed by atoms with Crippen molar-refractivity contribution in [2.24, 2.45) is 0 Å². The third-order valence-electron chi connectivity index (χ3n) is 4.15. The minimum absolute atomic E-state index is 0.733. The number of rotatable bonds is 1. The second-order valence-electron chi connectivity index (χ2n) is 5.43. The Morgan fingerprint density at radius 1 is 1.00 bits per heavy atom. The van der Waals surface area contributed by atoms with Gasteiger partial charge in [0.15, 0.2) is 0 Å². The van der Waals surface area contributed by atoms with Crippen LogP contribution in [0.2, 0.25) is 5.02 Å². The van der Waals surface area contributed by atoms with E-state index in [2.05, 4.69) is 46.3 Å². The molecule has 0 atom stereocenters. The van der Waals surface area contributed by atoms with Crippen molar-refractivity contribution in [3.05, 3.63) is 70.9 Å². The van der Waals surface area contributed by atoms with Gasteiger partial charge in [-0.15, -0.1) is 0 Å². The van der Waals surface area contributed by atoms with Gasteiger partial charge in [-0.1, -0.05) is 35.9 Å². The lowest BCUT2D eigenvalue weighted by Crippen LogP contribution is -2.30. The molecule has 0 spiro atoms. The maximum Gasteiger partial charge on any atom is 0.0737 e. The van der Waals surface area contributed by atoms with Crippen molar-refractivity contribution in [1.82, 2.24) is 4.98 Å². The highest BCUT2D eigenvalue weighted by Crippen LogP contribution is 2.31. The molecule has 3 aromatic rings. The van der Waals surface area contributed by atoms with Crippen LogP contribution in [0.25, 0.3) is 10.9 Å². The zero-order valence-electron chi connectivity index (χ0n) is 11.6. The summed E-state index contributed by atoms with van der Waals surface area (Å²) in [5, 5.41) is 1.90. The van der Waals surface area contributed by atoms with Crippen molar-refractivity contribution in [1.29, 1.82) is 0 Å². The Hall–Kier alpha value is -2.06. The van der Waals surface area contributed by atoms with Crippen molar-refractivity contribution >= 4 is 28.2 Å². The highest BCUT2D eigenvalue weighted by Gasteiger charge is 2.17. The number of benzene rings is 2. The molecule has 1 aromatic heterocycles. The van der Waals surface area contributed by atoms with Gasteiger partial charge >= 0.3 is 0 Å². The number of aromatic nitrogens is 1. The van der Waals surface area contributed by atoms with Crippen LogP contribution in [0.5, 0.6) is 0 Å². The quantitative estimate of drug-likeness (QED) is 0.659. The van der Waals surface area contributed by atoms with E-state index in [-0.39, 0.29) is 0 Å². The molecular formula is C18H15ClN2. The third kappa shape index (κ3) is 2.26. The first kappa shape index (κ1) is 12.7. The van der Waals surface area contributed by atoms with Gasteiger partial charge in [0.05, 0.1) is 5.52 Å². The fraction of sp³-hybridized carbons (Fsp3) is 0.167. The molecule has 0 fully saturated rings. The average molecular weight is 295 g/mol. The molecule has 0 aliphatic carbocycles. The average Bonchev–Trinajstić information content (AvgIpc) is 2.53. The van der Waals surface area contributed by atoms with E-state index in [4.69, 9.17) is 11.6 Å². The lowest BCUT2D eigenvalue weighted by atomic mass is 9.99. The van der Waals surface area contributed by atoms with E-state index in [9.17, 15) is 0 Å². The summed E-state index contributed by atoms with van der Waals surface area (Å²) in [6.07, 6.45) is 2.96. The van der Waals surface area contributed by atoms with Crippen LogP contribution < -0.4 is 4.90 Å². The minimum atomic E-state index is 0.733. The van der Waals surface area contributed by atoms with E-state index in [1.807, 2.05) is 18.3 Å². The van der Waals surface area contributed by atoms with E-state index < -0.39 is 0 Å². The second kappa shape index (κ2) is 5.05. The standard InChI is InChI=1S/C18H15ClN2/c19-15-5-6-16-17(11-15)20-9-7-18(16)21-10-8-13-3-1-2-4-14(13)12-21/h1-7,9,11H,8,10,12H2. The first-order valence-electron chi connectivity index (χ1n) is 7.17. The number of hydrogen-bond donors (Lipinski definition) is 0. The van der Waals surface area contributed by atoms with Crippen molar-refractivity contribution in [2.45, 2.75) is 13.0 Å². The van der Waals surface area contributed by atoms with Crippen molar-refractivity contribution in [3.63, 3.8) is 0 Å². The van der Waals surface area contributed by atoms with E-state index in [0.29, 0.717) is 0 Å². The molecule has 1 aliphatic rings. The Morgan fingerprint density at radius 3 is 2.76 bits per heavy atom. The Balaban J connectivity index is 1.78. The molecule has 2 aromatic carbocycles. The van der Waals surface area contributed by atoms with Gasteiger partial charge in [0.2, 0.25) is 0 Å². The molecule has 2 heterocycles. The molecule has 1 aliphatic heterocycles. The van der Waals surface area contributed by atoms with Crippen LogP contribution in [0.15, 0.2) is 54.7 Å². The molecule has 0 amide bonds. The summed E-state index contributed by atoms with van der Waals surface area (Å²) in [6.45, 7) is 2.00. The Bertz CT molecular complexity index is 813. The Kier molecular flexibility index (Phi) is 3.04. The van der Waals surface area contributed by atoms with Crippen LogP contribution >= 0.6 is 11.6 Å². The van der Waals surface area contributed by atoms with Gasteiger partial charge in [-0.05, 0) is 41.8 Å². The molecule has 0 N–H and O–H groups in total. The lowest BCUT2D eigenvalue weighted by molar-refractivity contribution is 0.734. The largest absolute Gasteiger partial charge is 0.366 e. The van der Waals surface area contributed by atoms with Crippen molar-refractivity contribution in [2.75, 3.05) is 11.4 Å². The van der Waals surface area contributed by atoms with Gasteiger partial charge in [-0.25, -0.2) is 0 Å². The fourth-order valence-corrected chi connectivity index (χ4v) is 3.25. The summed E-state index contributed by atoms with van der Waals surface area (Å²) >= 11 is 6.07. The molecule has 104 valence electrons. The fourth-order valence-electron chi connectivity index (χ4n) is 3.08. The lowest BCUT2D eigenvalue weighted by Gasteiger charge is -2.31. The predicted octanol–water partition coefficient (Wildman–Crippen LogP) is 4.45. The number of fused-ring (bicyclic) bond motifs is 2. The van der Waals surface area contributed by atoms with Gasteiger partial charge in [0.1, 0.15) is 0 Å². The number of halogens is 1. The smallest absolute Gasteiger partial charge is 0.0737 e. The van der Waals surface area contributed by atoms with Crippen molar-refractivity contribution in [3.8, 4) is 0 Å². The van der Waals surface area contributed by atoms with E-state index in [1.54, 1.807) is 0 Å². The second-order valence-corrected chi connectivity index (χ2v) is 5.87. The summed E-state index contributed by atoms with van der Waals surface area (Å²) in [5.74, 6) is 0. The van der Waals surface area contributed by atoms with Gasteiger partial charge < -0.3 is 4.90 Å². The predicted molar refractivity (Wildman–Crippen MR) is 87.9 cm³/mol. The minimum Gasteiger partial charge on any atom is -0.366 e. The number of pyridine rings is 1. The zero-order valence-corrected chi connectivity index (χ0v) is 12.3. The normalized spacial score (nSPS) is 14.2. The van der Waals surface area contributed by atoms with E-state index in [1.165, 1.54) is 22.2 Å². The number of hydrogen-bond acceptors (Lipinski definition) is 2. The van der Waals surface area contributed by atoms with Crippen LogP contribution in [0.3, 0.4) is 0 Å². The van der Waals surface area contributed by atoms with Crippen molar-refractivity contribution < 1.29 is 0 Å². The first-order valence-corrected chi connectivity index (χ1v) is 7.55. The molecular weight excluding hydrogens is 280 g/mol. The maximum atomic E-state index is 6.07. The Labute approximate surface area is 129 Å². The molecule has 2 nitrogen and oxygen atoms in total. The van der Waals surface area contributed by atoms with Crippen LogP contribution in [0, 0.1) is 0 Å². The number of nitrogens with zero attached hydrogens (tertiary/aromatic N) is 2. The summed E-state index contributed by atoms with van der Waals surface area (Å²) in [6, 6.07) is 16.7. The first-order chi connectivity index (χ1) is 10.3. The molecule has 0 saturated heterocycles. The summed E-state index contributed by atoms with van der Waals surface area (Å²) in [4.78, 5) is 6.86. The van der Waals surface area contributed by atoms with Crippen LogP contribution in [-0.4, -0.2) is 11.5 Å². The summed E-state index contributed by atoms with van der Waals surface area (Å²) in [5.41, 5.74) is 5.09. The third-order valence-corrected chi connectivity index (χ3v) is 4.39. The topological polar surface area (TPSA) is 16.1 Å². The van der Waals surface area contributed by atoms with Crippen LogP contribution in [-0.2, 0) is 13.0 Å². The van der Waals surface area contributed by atoms with E-state index in [0.717, 1.165) is 30.0 Å². The van der Waals surface area contributed by atoms with Gasteiger partial charge in [0.25, 0.3) is 0 Å². The molecule has 0 unspecified atom stereocenters. The SMILES string of the molecule is Clc1ccc2c(N3CCc4ccccc4C3)ccnc2c1. The Morgan fingerprint density at radius 2 is 1.86 bits per heavy atom. The summed E-state index contributed by atoms with van der Waals surface area (Å²) in [7, 11) is 0. The highest BCUT2D eigenvalue weighted by molar-refractivity contribution is 6.31. The van der Waals surface area contributed by atoms with Gasteiger partial charge in [0, 0.05) is 35.4 Å². The molecule has 0 radical (unpaired) electrons. The number of anilines is 1. The molecule has 21 heavy (non-hydrogen) atoms. The van der Waals surface area contributed by atoms with Crippen LogP contribution in [0.1, 0.15) is 11.1 Å². The highest BCUT2D eigenvalue weighted by atomic mass is 35.5. The maximum absolute atomic E-state index is 6.07. The van der Waals surface area contributed by atoms with Crippen LogP contribution in [0.4, 0.5) is 5.69 Å².